The van der Waals surface area contributed by atoms with Crippen molar-refractivity contribution in [1.29, 1.82) is 5.41 Å². The lowest BCUT2D eigenvalue weighted by Crippen LogP contribution is -2.37. The molecule has 10 nitrogen and oxygen atoms in total. The molecule has 1 atom stereocenters. The highest BCUT2D eigenvalue weighted by atomic mass is 16.6. The van der Waals surface area contributed by atoms with Gasteiger partial charge in [-0.1, -0.05) is 30.3 Å². The normalized spacial score (nSPS) is 11.4. The van der Waals surface area contributed by atoms with Crippen LogP contribution >= 0.6 is 0 Å². The number of nitrogens with zero attached hydrogens (tertiary/aromatic N) is 2. The van der Waals surface area contributed by atoms with E-state index in [2.05, 4.69) is 0 Å². The Morgan fingerprint density at radius 2 is 1.79 bits per heavy atom. The second-order valence-corrected chi connectivity index (χ2v) is 7.23. The van der Waals surface area contributed by atoms with E-state index in [-0.39, 0.29) is 23.7 Å². The molecule has 0 bridgehead atoms. The van der Waals surface area contributed by atoms with Crippen molar-refractivity contribution in [1.82, 2.24) is 0 Å². The lowest BCUT2D eigenvalue weighted by atomic mass is 10.0. The van der Waals surface area contributed by atoms with Gasteiger partial charge in [-0.15, -0.1) is 0 Å². The van der Waals surface area contributed by atoms with E-state index < -0.39 is 28.3 Å². The molecular weight excluding hydrogens is 426 g/mol. The Morgan fingerprint density at radius 3 is 2.30 bits per heavy atom. The fourth-order valence-electron chi connectivity index (χ4n) is 3.51. The molecule has 0 heterocycles. The number of ether oxygens (including phenoxy) is 1. The number of amides is 1. The van der Waals surface area contributed by atoms with Crippen LogP contribution in [0.15, 0.2) is 66.7 Å². The Labute approximate surface area is 189 Å². The van der Waals surface area contributed by atoms with E-state index in [1.54, 1.807) is 29.2 Å². The fourth-order valence-corrected chi connectivity index (χ4v) is 3.51. The number of aromatic hydroxyl groups is 1. The van der Waals surface area contributed by atoms with Gasteiger partial charge in [0.25, 0.3) is 0 Å². The minimum atomic E-state index is -1.14. The van der Waals surface area contributed by atoms with E-state index in [4.69, 9.17) is 21.6 Å². The van der Waals surface area contributed by atoms with Crippen molar-refractivity contribution in [3.05, 3.63) is 93.5 Å². The maximum Gasteiger partial charge on any atom is 0.315 e. The minimum absolute atomic E-state index is 0.110. The number of hydrogen-bond acceptors (Lipinski definition) is 7. The van der Waals surface area contributed by atoms with Crippen LogP contribution < -0.4 is 21.1 Å². The number of phenolic OH excluding ortho intramolecular Hbond substituents is 1. The lowest BCUT2D eigenvalue weighted by molar-refractivity contribution is -0.386. The highest BCUT2D eigenvalue weighted by Gasteiger charge is 2.31. The summed E-state index contributed by atoms with van der Waals surface area (Å²) < 4.78 is 5.09. The van der Waals surface area contributed by atoms with Gasteiger partial charge >= 0.3 is 5.69 Å². The molecule has 1 amide bonds. The van der Waals surface area contributed by atoms with Gasteiger partial charge in [0.2, 0.25) is 11.7 Å². The first-order valence-electron chi connectivity index (χ1n) is 9.82. The van der Waals surface area contributed by atoms with Crippen LogP contribution in [0.25, 0.3) is 0 Å². The number of amidine groups is 1. The predicted octanol–water partition coefficient (Wildman–Crippen LogP) is 2.83. The summed E-state index contributed by atoms with van der Waals surface area (Å²) in [6.45, 7) is 0.241. The van der Waals surface area contributed by atoms with Gasteiger partial charge in [0.1, 0.15) is 11.9 Å². The third-order valence-electron chi connectivity index (χ3n) is 5.10. The van der Waals surface area contributed by atoms with Crippen molar-refractivity contribution in [2.24, 2.45) is 11.5 Å². The first kappa shape index (κ1) is 23.1. The van der Waals surface area contributed by atoms with Crippen LogP contribution in [-0.4, -0.2) is 28.9 Å². The molecular formula is C23H23N5O5. The first-order valence-corrected chi connectivity index (χ1v) is 9.82. The number of phenols is 1. The Morgan fingerprint density at radius 1 is 1.15 bits per heavy atom. The Balaban J connectivity index is 2.18. The summed E-state index contributed by atoms with van der Waals surface area (Å²) in [4.78, 5) is 25.1. The summed E-state index contributed by atoms with van der Waals surface area (Å²) >= 11 is 0. The predicted molar refractivity (Wildman–Crippen MR) is 123 cm³/mol. The third-order valence-corrected chi connectivity index (χ3v) is 5.10. The molecule has 0 fully saturated rings. The lowest BCUT2D eigenvalue weighted by Gasteiger charge is -2.32. The number of rotatable bonds is 9. The number of hydrogen-bond donors (Lipinski definition) is 4. The molecule has 10 heteroatoms. The quantitative estimate of drug-likeness (QED) is 0.168. The molecule has 0 saturated heterocycles. The molecule has 1 unspecified atom stereocenters. The highest BCUT2D eigenvalue weighted by Crippen LogP contribution is 2.40. The molecule has 170 valence electrons. The van der Waals surface area contributed by atoms with Crippen molar-refractivity contribution < 1.29 is 19.6 Å². The van der Waals surface area contributed by atoms with Crippen LogP contribution in [0.2, 0.25) is 0 Å². The van der Waals surface area contributed by atoms with Crippen LogP contribution in [0.5, 0.6) is 11.5 Å². The standard InChI is InChI=1S/C23H23N5O5/c1-33-19-12-16(11-18(21(19)29)28(31)32)20(23(26)30)27(13-14-5-3-2-4-6-14)17-9-7-15(8-10-17)22(24)25/h2-12,20,29H,13H2,1H3,(H3,24,25)(H2,26,30). The number of carbonyl (C=O) groups excluding carboxylic acids is 1. The molecule has 6 N–H and O–H groups in total. The Hall–Kier alpha value is -4.60. The van der Waals surface area contributed by atoms with Crippen molar-refractivity contribution in [3.8, 4) is 11.5 Å². The minimum Gasteiger partial charge on any atom is -0.500 e. The summed E-state index contributed by atoms with van der Waals surface area (Å²) in [5, 5.41) is 29.2. The van der Waals surface area contributed by atoms with Gasteiger partial charge in [-0.05, 0) is 41.5 Å². The zero-order valence-corrected chi connectivity index (χ0v) is 17.8. The number of nitro groups is 1. The molecule has 3 aromatic carbocycles. The van der Waals surface area contributed by atoms with E-state index in [1.165, 1.54) is 13.2 Å². The molecule has 0 aliphatic carbocycles. The number of primary amides is 1. The fraction of sp³-hybridized carbons (Fsp3) is 0.130. The van der Waals surface area contributed by atoms with E-state index in [9.17, 15) is 20.0 Å². The molecule has 0 radical (unpaired) electrons. The van der Waals surface area contributed by atoms with Crippen molar-refractivity contribution >= 4 is 23.1 Å². The van der Waals surface area contributed by atoms with Gasteiger partial charge in [0, 0.05) is 23.9 Å². The molecule has 0 saturated carbocycles. The van der Waals surface area contributed by atoms with E-state index >= 15 is 0 Å². The number of benzene rings is 3. The van der Waals surface area contributed by atoms with Gasteiger partial charge in [-0.25, -0.2) is 0 Å². The average Bonchev–Trinajstić information content (AvgIpc) is 2.79. The van der Waals surface area contributed by atoms with Crippen molar-refractivity contribution in [3.63, 3.8) is 0 Å². The monoisotopic (exact) mass is 449 g/mol. The van der Waals surface area contributed by atoms with E-state index in [0.29, 0.717) is 11.3 Å². The molecule has 0 aliphatic heterocycles. The van der Waals surface area contributed by atoms with Crippen LogP contribution in [0.1, 0.15) is 22.7 Å². The molecule has 0 aromatic heterocycles. The van der Waals surface area contributed by atoms with Crippen LogP contribution in [0, 0.1) is 15.5 Å². The number of carbonyl (C=O) groups is 1. The molecule has 3 rings (SSSR count). The summed E-state index contributed by atoms with van der Waals surface area (Å²) in [6.07, 6.45) is 0. The SMILES string of the molecule is COc1cc(C(C(N)=O)N(Cc2ccccc2)c2ccc(C(=N)N)cc2)cc([N+](=O)[O-])c1O. The second-order valence-electron chi connectivity index (χ2n) is 7.23. The van der Waals surface area contributed by atoms with Crippen LogP contribution in [0.3, 0.4) is 0 Å². The highest BCUT2D eigenvalue weighted by molar-refractivity contribution is 5.95. The zero-order chi connectivity index (χ0) is 24.1. The number of nitro benzene ring substituents is 1. The average molecular weight is 449 g/mol. The summed E-state index contributed by atoms with van der Waals surface area (Å²) in [5.41, 5.74) is 12.8. The number of nitrogen functional groups attached to an aromatic ring is 1. The number of anilines is 1. The Kier molecular flexibility index (Phi) is 6.77. The van der Waals surface area contributed by atoms with Gasteiger partial charge < -0.3 is 26.2 Å². The number of nitrogens with two attached hydrogens (primary N) is 2. The molecule has 33 heavy (non-hydrogen) atoms. The van der Waals surface area contributed by atoms with Crippen molar-refractivity contribution in [2.45, 2.75) is 12.6 Å². The third kappa shape index (κ3) is 5.01. The van der Waals surface area contributed by atoms with Gasteiger partial charge in [-0.3, -0.25) is 20.3 Å². The largest absolute Gasteiger partial charge is 0.500 e. The van der Waals surface area contributed by atoms with Crippen LogP contribution in [-0.2, 0) is 11.3 Å². The van der Waals surface area contributed by atoms with Crippen molar-refractivity contribution in [2.75, 3.05) is 12.0 Å². The summed E-state index contributed by atoms with van der Waals surface area (Å²) in [6, 6.07) is 17.2. The van der Waals surface area contributed by atoms with Gasteiger partial charge in [-0.2, -0.15) is 0 Å². The summed E-state index contributed by atoms with van der Waals surface area (Å²) in [7, 11) is 1.25. The Bertz CT molecular complexity index is 1180. The van der Waals surface area contributed by atoms with E-state index in [1.807, 2.05) is 30.3 Å². The van der Waals surface area contributed by atoms with E-state index in [0.717, 1.165) is 11.6 Å². The van der Waals surface area contributed by atoms with Crippen LogP contribution in [0.4, 0.5) is 11.4 Å². The molecule has 3 aromatic rings. The second kappa shape index (κ2) is 9.69. The smallest absolute Gasteiger partial charge is 0.315 e. The summed E-state index contributed by atoms with van der Waals surface area (Å²) in [5.74, 6) is -1.67. The number of nitrogens with one attached hydrogen (secondary N) is 1. The number of methoxy groups -OCH3 is 1. The first-order chi connectivity index (χ1) is 15.7. The zero-order valence-electron chi connectivity index (χ0n) is 17.8. The maximum absolute atomic E-state index is 12.7. The maximum atomic E-state index is 12.7. The molecule has 0 aliphatic rings. The van der Waals surface area contributed by atoms with Gasteiger partial charge in [0.15, 0.2) is 5.75 Å². The molecule has 0 spiro atoms. The topological polar surface area (TPSA) is 169 Å². The van der Waals surface area contributed by atoms with Gasteiger partial charge in [0.05, 0.1) is 12.0 Å².